The second-order valence-corrected chi connectivity index (χ2v) is 5.55. The molecule has 0 aliphatic heterocycles. The van der Waals surface area contributed by atoms with Crippen LogP contribution in [0.4, 0.5) is 0 Å². The van der Waals surface area contributed by atoms with Crippen molar-refractivity contribution in [3.8, 4) is 0 Å². The van der Waals surface area contributed by atoms with Crippen LogP contribution in [0, 0.1) is 0 Å². The second kappa shape index (κ2) is 12.5. The zero-order valence-electron chi connectivity index (χ0n) is 14.8. The Balaban J connectivity index is 0.000000299. The van der Waals surface area contributed by atoms with E-state index in [1.54, 1.807) is 0 Å². The lowest BCUT2D eigenvalue weighted by atomic mass is 10.1. The predicted octanol–water partition coefficient (Wildman–Crippen LogP) is 6.23. The van der Waals surface area contributed by atoms with Gasteiger partial charge in [0.15, 0.2) is 0 Å². The Morgan fingerprint density at radius 1 is 0.920 bits per heavy atom. The molecule has 0 saturated heterocycles. The van der Waals surface area contributed by atoms with Crippen molar-refractivity contribution >= 4 is 18.1 Å². The van der Waals surface area contributed by atoms with Gasteiger partial charge < -0.3 is 5.11 Å². The minimum atomic E-state index is -0.872. The van der Waals surface area contributed by atoms with E-state index in [0.29, 0.717) is 12.0 Å². The third-order valence-corrected chi connectivity index (χ3v) is 3.42. The zero-order chi connectivity index (χ0) is 18.3. The quantitative estimate of drug-likeness (QED) is 0.481. The third-order valence-electron chi connectivity index (χ3n) is 3.42. The fourth-order valence-corrected chi connectivity index (χ4v) is 1.96. The Morgan fingerprint density at radius 2 is 1.36 bits per heavy atom. The van der Waals surface area contributed by atoms with Crippen LogP contribution in [0.15, 0.2) is 85.0 Å². The molecule has 2 rings (SSSR count). The third kappa shape index (κ3) is 9.77. The summed E-state index contributed by atoms with van der Waals surface area (Å²) in [4.78, 5) is 10.1. The molecular formula is C23H26O2. The lowest BCUT2D eigenvalue weighted by Crippen LogP contribution is -1.97. The summed E-state index contributed by atoms with van der Waals surface area (Å²) in [5.74, 6) is -0.872. The van der Waals surface area contributed by atoms with Gasteiger partial charge in [-0.25, -0.2) is 4.79 Å². The summed E-state index contributed by atoms with van der Waals surface area (Å²) in [5.41, 5.74) is 2.76. The van der Waals surface area contributed by atoms with Gasteiger partial charge in [0.1, 0.15) is 0 Å². The van der Waals surface area contributed by atoms with Gasteiger partial charge in [-0.1, -0.05) is 105 Å². The van der Waals surface area contributed by atoms with Crippen LogP contribution in [0.2, 0.25) is 0 Å². The molecule has 0 atom stereocenters. The number of carboxylic acid groups (broad SMARTS) is 1. The summed E-state index contributed by atoms with van der Waals surface area (Å²) >= 11 is 0. The molecular weight excluding hydrogens is 308 g/mol. The van der Waals surface area contributed by atoms with Gasteiger partial charge in [0.2, 0.25) is 0 Å². The highest BCUT2D eigenvalue weighted by molar-refractivity contribution is 5.85. The summed E-state index contributed by atoms with van der Waals surface area (Å²) in [6, 6.07) is 20.6. The smallest absolute Gasteiger partial charge is 0.330 e. The van der Waals surface area contributed by atoms with Crippen LogP contribution < -0.4 is 0 Å². The molecule has 0 bridgehead atoms. The molecule has 0 aliphatic carbocycles. The Morgan fingerprint density at radius 3 is 1.72 bits per heavy atom. The van der Waals surface area contributed by atoms with Crippen molar-refractivity contribution in [3.63, 3.8) is 0 Å². The van der Waals surface area contributed by atoms with E-state index in [-0.39, 0.29) is 0 Å². The predicted molar refractivity (Wildman–Crippen MR) is 107 cm³/mol. The number of unbranched alkanes of at least 4 members (excludes halogenated alkanes) is 1. The number of hydrogen-bond acceptors (Lipinski definition) is 1. The monoisotopic (exact) mass is 334 g/mol. The van der Waals surface area contributed by atoms with Crippen molar-refractivity contribution < 1.29 is 9.90 Å². The van der Waals surface area contributed by atoms with E-state index in [4.69, 9.17) is 5.11 Å². The van der Waals surface area contributed by atoms with Crippen molar-refractivity contribution in [1.82, 2.24) is 0 Å². The molecule has 2 aromatic carbocycles. The van der Waals surface area contributed by atoms with E-state index in [9.17, 15) is 4.79 Å². The fraction of sp³-hybridized carbons (Fsp3) is 0.174. The van der Waals surface area contributed by atoms with Crippen LogP contribution in [0.5, 0.6) is 0 Å². The Kier molecular flexibility index (Phi) is 10.1. The first-order valence-electron chi connectivity index (χ1n) is 8.49. The van der Waals surface area contributed by atoms with Crippen molar-refractivity contribution in [2.24, 2.45) is 0 Å². The van der Waals surface area contributed by atoms with Gasteiger partial charge in [-0.05, 0) is 24.0 Å². The molecule has 2 heteroatoms. The van der Waals surface area contributed by atoms with Crippen molar-refractivity contribution in [2.45, 2.75) is 26.2 Å². The lowest BCUT2D eigenvalue weighted by molar-refractivity contribution is -0.132. The van der Waals surface area contributed by atoms with E-state index in [1.165, 1.54) is 11.1 Å². The Labute approximate surface area is 150 Å². The normalized spacial score (nSPS) is 10.4. The number of carboxylic acids is 1. The Bertz CT molecular complexity index is 635. The summed E-state index contributed by atoms with van der Waals surface area (Å²) in [6.45, 7) is 5.42. The zero-order valence-corrected chi connectivity index (χ0v) is 14.8. The summed E-state index contributed by atoms with van der Waals surface area (Å²) < 4.78 is 0. The van der Waals surface area contributed by atoms with E-state index in [1.807, 2.05) is 43.3 Å². The number of hydrogen-bond donors (Lipinski definition) is 1. The molecule has 0 heterocycles. The first-order valence-corrected chi connectivity index (χ1v) is 8.49. The minimum Gasteiger partial charge on any atom is -0.478 e. The highest BCUT2D eigenvalue weighted by atomic mass is 16.4. The van der Waals surface area contributed by atoms with E-state index in [0.717, 1.165) is 12.8 Å². The van der Waals surface area contributed by atoms with Gasteiger partial charge in [-0.15, -0.1) is 0 Å². The van der Waals surface area contributed by atoms with Crippen LogP contribution in [-0.4, -0.2) is 11.1 Å². The minimum absolute atomic E-state index is 0.317. The van der Waals surface area contributed by atoms with Crippen molar-refractivity contribution in [1.29, 1.82) is 0 Å². The van der Waals surface area contributed by atoms with Gasteiger partial charge in [-0.2, -0.15) is 0 Å². The summed E-state index contributed by atoms with van der Waals surface area (Å²) in [7, 11) is 0. The molecule has 0 saturated carbocycles. The summed E-state index contributed by atoms with van der Waals surface area (Å²) in [5, 5.41) is 8.31. The molecule has 2 aromatic rings. The molecule has 0 spiro atoms. The maximum atomic E-state index is 10.1. The maximum absolute atomic E-state index is 10.1. The molecule has 130 valence electrons. The van der Waals surface area contributed by atoms with E-state index in [2.05, 4.69) is 55.1 Å². The lowest BCUT2D eigenvalue weighted by Gasteiger charge is -1.95. The molecule has 0 aliphatic rings. The van der Waals surface area contributed by atoms with Gasteiger partial charge in [-0.3, -0.25) is 0 Å². The number of carbonyl (C=O) groups is 1. The average molecular weight is 334 g/mol. The number of allylic oxidation sites excluding steroid dienone is 2. The van der Waals surface area contributed by atoms with Crippen LogP contribution in [0.25, 0.3) is 12.2 Å². The van der Waals surface area contributed by atoms with Crippen LogP contribution >= 0.6 is 0 Å². The second-order valence-electron chi connectivity index (χ2n) is 5.55. The standard InChI is InChI=1S/C16H14.C7H12O2/c1-3-9-15(10-4-1)13-7-8-14-16-11-5-2-6-12-16;1-3-4-5-6(2)7(8)9/h1-14H;2-5H2,1H3,(H,8,9). The van der Waals surface area contributed by atoms with E-state index < -0.39 is 5.97 Å². The number of benzene rings is 2. The molecule has 0 unspecified atom stereocenters. The first-order chi connectivity index (χ1) is 12.1. The SMILES string of the molecule is C(C=Cc1ccccc1)=Cc1ccccc1.C=C(CCCC)C(=O)O. The van der Waals surface area contributed by atoms with E-state index >= 15 is 0 Å². The molecule has 0 fully saturated rings. The molecule has 25 heavy (non-hydrogen) atoms. The molecule has 2 nitrogen and oxygen atoms in total. The maximum Gasteiger partial charge on any atom is 0.330 e. The van der Waals surface area contributed by atoms with Crippen molar-refractivity contribution in [2.75, 3.05) is 0 Å². The molecule has 0 aromatic heterocycles. The molecule has 1 N–H and O–H groups in total. The largest absolute Gasteiger partial charge is 0.478 e. The van der Waals surface area contributed by atoms with Crippen LogP contribution in [0.3, 0.4) is 0 Å². The van der Waals surface area contributed by atoms with Crippen LogP contribution in [0.1, 0.15) is 37.3 Å². The van der Waals surface area contributed by atoms with Gasteiger partial charge in [0, 0.05) is 5.57 Å². The van der Waals surface area contributed by atoms with Gasteiger partial charge in [0.25, 0.3) is 0 Å². The van der Waals surface area contributed by atoms with Gasteiger partial charge in [0.05, 0.1) is 0 Å². The summed E-state index contributed by atoms with van der Waals surface area (Å²) in [6.07, 6.45) is 10.9. The molecule has 0 radical (unpaired) electrons. The topological polar surface area (TPSA) is 37.3 Å². The van der Waals surface area contributed by atoms with Crippen LogP contribution in [-0.2, 0) is 4.79 Å². The highest BCUT2D eigenvalue weighted by Gasteiger charge is 2.00. The van der Waals surface area contributed by atoms with Gasteiger partial charge >= 0.3 is 5.97 Å². The average Bonchev–Trinajstić information content (AvgIpc) is 2.65. The highest BCUT2D eigenvalue weighted by Crippen LogP contribution is 2.04. The first kappa shape index (κ1) is 20.2. The number of aliphatic carboxylic acids is 1. The van der Waals surface area contributed by atoms with Crippen molar-refractivity contribution in [3.05, 3.63) is 96.1 Å². The fourth-order valence-electron chi connectivity index (χ4n) is 1.96. The Hall–Kier alpha value is -2.87. The number of rotatable bonds is 7. The molecule has 0 amide bonds.